The zero-order valence-corrected chi connectivity index (χ0v) is 12.3. The predicted molar refractivity (Wildman–Crippen MR) is 86.7 cm³/mol. The van der Waals surface area contributed by atoms with Crippen LogP contribution in [-0.4, -0.2) is 18.1 Å². The number of fused-ring (bicyclic) bond motifs is 1. The van der Waals surface area contributed by atoms with Crippen molar-refractivity contribution >= 4 is 32.9 Å². The van der Waals surface area contributed by atoms with Gasteiger partial charge >= 0.3 is 0 Å². The molecule has 0 aliphatic heterocycles. The van der Waals surface area contributed by atoms with E-state index in [9.17, 15) is 4.39 Å². The number of hydrogen-bond acceptors (Lipinski definition) is 4. The summed E-state index contributed by atoms with van der Waals surface area (Å²) in [7, 11) is 0. The molecule has 3 nitrogen and oxygen atoms in total. The highest BCUT2D eigenvalue weighted by atomic mass is 32.1. The van der Waals surface area contributed by atoms with Gasteiger partial charge in [0, 0.05) is 28.5 Å². The van der Waals surface area contributed by atoms with Gasteiger partial charge in [-0.15, -0.1) is 11.3 Å². The van der Waals surface area contributed by atoms with Crippen molar-refractivity contribution in [2.24, 2.45) is 5.73 Å². The molecule has 3 aromatic rings. The molecule has 0 aliphatic rings. The van der Waals surface area contributed by atoms with Crippen LogP contribution in [0.5, 0.6) is 0 Å². The van der Waals surface area contributed by atoms with E-state index in [1.165, 1.54) is 16.8 Å². The third-order valence-electron chi connectivity index (χ3n) is 3.32. The number of pyridine rings is 1. The molecule has 0 saturated carbocycles. The van der Waals surface area contributed by atoms with Gasteiger partial charge in [-0.05, 0) is 48.7 Å². The summed E-state index contributed by atoms with van der Waals surface area (Å²) in [4.78, 5) is 6.54. The third-order valence-corrected chi connectivity index (χ3v) is 4.20. The molecule has 0 spiro atoms. The highest BCUT2D eigenvalue weighted by Gasteiger charge is 2.14. The lowest BCUT2D eigenvalue weighted by Crippen LogP contribution is -2.22. The smallest absolute Gasteiger partial charge is 0.141 e. The van der Waals surface area contributed by atoms with E-state index in [-0.39, 0.29) is 5.82 Å². The first-order valence-corrected chi connectivity index (χ1v) is 7.73. The van der Waals surface area contributed by atoms with Gasteiger partial charge < -0.3 is 10.6 Å². The van der Waals surface area contributed by atoms with Crippen LogP contribution in [0.15, 0.2) is 48.0 Å². The van der Waals surface area contributed by atoms with E-state index in [1.807, 2.05) is 22.4 Å². The van der Waals surface area contributed by atoms with Crippen LogP contribution >= 0.6 is 11.3 Å². The number of hydrogen-bond donors (Lipinski definition) is 1. The van der Waals surface area contributed by atoms with E-state index in [1.54, 1.807) is 23.6 Å². The van der Waals surface area contributed by atoms with Crippen molar-refractivity contribution in [1.29, 1.82) is 0 Å². The summed E-state index contributed by atoms with van der Waals surface area (Å²) >= 11 is 1.68. The molecule has 0 bridgehead atoms. The Hall–Kier alpha value is -1.98. The quantitative estimate of drug-likeness (QED) is 0.776. The van der Waals surface area contributed by atoms with Crippen molar-refractivity contribution < 1.29 is 4.39 Å². The van der Waals surface area contributed by atoms with Crippen LogP contribution in [0.2, 0.25) is 0 Å². The molecule has 0 amide bonds. The fourth-order valence-electron chi connectivity index (χ4n) is 2.35. The molecule has 0 saturated heterocycles. The van der Waals surface area contributed by atoms with Crippen molar-refractivity contribution in [2.45, 2.75) is 6.42 Å². The highest BCUT2D eigenvalue weighted by Crippen LogP contribution is 2.33. The van der Waals surface area contributed by atoms with Gasteiger partial charge in [-0.2, -0.15) is 0 Å². The van der Waals surface area contributed by atoms with Crippen LogP contribution in [0.3, 0.4) is 0 Å². The summed E-state index contributed by atoms with van der Waals surface area (Å²) in [6.45, 7) is 1.30. The summed E-state index contributed by atoms with van der Waals surface area (Å²) in [6.07, 6.45) is 2.61. The monoisotopic (exact) mass is 301 g/mol. The number of aromatic nitrogens is 1. The van der Waals surface area contributed by atoms with Gasteiger partial charge in [0.25, 0.3) is 0 Å². The maximum absolute atomic E-state index is 13.5. The predicted octanol–water partition coefficient (Wildman–Crippen LogP) is 3.92. The fraction of sp³-hybridized carbons (Fsp3) is 0.188. The largest absolute Gasteiger partial charge is 0.330 e. The maximum atomic E-state index is 13.5. The Morgan fingerprint density at radius 2 is 2.14 bits per heavy atom. The van der Waals surface area contributed by atoms with Crippen molar-refractivity contribution in [1.82, 2.24) is 4.98 Å². The molecule has 5 heteroatoms. The Kier molecular flexibility index (Phi) is 4.13. The minimum absolute atomic E-state index is 0.247. The zero-order valence-electron chi connectivity index (χ0n) is 11.5. The summed E-state index contributed by atoms with van der Waals surface area (Å²) in [5.74, 6) is 0.607. The van der Waals surface area contributed by atoms with Gasteiger partial charge in [-0.1, -0.05) is 6.07 Å². The van der Waals surface area contributed by atoms with Gasteiger partial charge in [0.05, 0.1) is 0 Å². The Morgan fingerprint density at radius 3 is 2.95 bits per heavy atom. The lowest BCUT2D eigenvalue weighted by Gasteiger charge is -2.24. The first-order valence-electron chi connectivity index (χ1n) is 6.85. The molecule has 0 radical (unpaired) electrons. The summed E-state index contributed by atoms with van der Waals surface area (Å²) < 4.78 is 14.7. The number of anilines is 2. The van der Waals surface area contributed by atoms with Crippen LogP contribution in [0.1, 0.15) is 6.42 Å². The molecule has 2 N–H and O–H groups in total. The van der Waals surface area contributed by atoms with Crippen molar-refractivity contribution in [3.8, 4) is 0 Å². The first-order chi connectivity index (χ1) is 10.3. The maximum Gasteiger partial charge on any atom is 0.141 e. The van der Waals surface area contributed by atoms with Crippen LogP contribution in [0.4, 0.5) is 15.9 Å². The Bertz CT molecular complexity index is 741. The topological polar surface area (TPSA) is 42.1 Å². The second-order valence-electron chi connectivity index (χ2n) is 4.74. The fourth-order valence-corrected chi connectivity index (χ4v) is 3.12. The number of nitrogens with two attached hydrogens (primary N) is 1. The molecule has 0 unspecified atom stereocenters. The number of thiophene rings is 1. The summed E-state index contributed by atoms with van der Waals surface area (Å²) in [5, 5.41) is 3.13. The van der Waals surface area contributed by atoms with E-state index >= 15 is 0 Å². The summed E-state index contributed by atoms with van der Waals surface area (Å²) in [6, 6.07) is 10.6. The minimum atomic E-state index is -0.247. The van der Waals surface area contributed by atoms with Gasteiger partial charge in [0.1, 0.15) is 11.6 Å². The van der Waals surface area contributed by atoms with Crippen LogP contribution in [-0.2, 0) is 0 Å². The Morgan fingerprint density at radius 1 is 1.24 bits per heavy atom. The van der Waals surface area contributed by atoms with E-state index in [4.69, 9.17) is 5.73 Å². The van der Waals surface area contributed by atoms with E-state index in [0.29, 0.717) is 13.1 Å². The van der Waals surface area contributed by atoms with Gasteiger partial charge in [0.15, 0.2) is 0 Å². The molecule has 0 atom stereocenters. The Labute approximate surface area is 126 Å². The van der Waals surface area contributed by atoms with Crippen LogP contribution < -0.4 is 10.6 Å². The minimum Gasteiger partial charge on any atom is -0.330 e. The van der Waals surface area contributed by atoms with E-state index in [2.05, 4.69) is 11.1 Å². The first kappa shape index (κ1) is 14.0. The molecule has 0 fully saturated rings. The molecule has 3 rings (SSSR count). The molecule has 2 heterocycles. The van der Waals surface area contributed by atoms with E-state index in [0.717, 1.165) is 23.3 Å². The summed E-state index contributed by atoms with van der Waals surface area (Å²) in [5.41, 5.74) is 6.44. The van der Waals surface area contributed by atoms with Crippen molar-refractivity contribution in [3.63, 3.8) is 0 Å². The molecular formula is C16H16FN3S. The Balaban J connectivity index is 2.08. The normalized spacial score (nSPS) is 11.0. The van der Waals surface area contributed by atoms with Crippen LogP contribution in [0, 0.1) is 5.82 Å². The van der Waals surface area contributed by atoms with Gasteiger partial charge in [-0.3, -0.25) is 0 Å². The van der Waals surface area contributed by atoms with Crippen molar-refractivity contribution in [3.05, 3.63) is 53.8 Å². The number of nitrogens with zero attached hydrogens (tertiary/aromatic N) is 2. The molecule has 21 heavy (non-hydrogen) atoms. The molecule has 0 aliphatic carbocycles. The lowest BCUT2D eigenvalue weighted by atomic mass is 10.2. The van der Waals surface area contributed by atoms with Crippen molar-refractivity contribution in [2.75, 3.05) is 18.0 Å². The molecular weight excluding hydrogens is 285 g/mol. The second-order valence-corrected chi connectivity index (χ2v) is 5.69. The third kappa shape index (κ3) is 2.89. The zero-order chi connectivity index (χ0) is 14.7. The van der Waals surface area contributed by atoms with Gasteiger partial charge in [0.2, 0.25) is 0 Å². The lowest BCUT2D eigenvalue weighted by molar-refractivity contribution is 0.627. The number of benzene rings is 1. The molecule has 2 aromatic heterocycles. The number of rotatable bonds is 5. The molecule has 1 aromatic carbocycles. The van der Waals surface area contributed by atoms with E-state index < -0.39 is 0 Å². The van der Waals surface area contributed by atoms with Gasteiger partial charge in [-0.25, -0.2) is 9.37 Å². The second kappa shape index (κ2) is 6.20. The average Bonchev–Trinajstić information content (AvgIpc) is 2.97. The SMILES string of the molecule is NCCCN(c1cccc(F)c1)c1nccc2sccc12. The number of halogens is 1. The standard InChI is InChI=1S/C16H16FN3S/c17-12-3-1-4-13(11-12)20(9-2-7-18)16-14-6-10-21-15(14)5-8-19-16/h1,3-6,8,10-11H,2,7,9,18H2. The highest BCUT2D eigenvalue weighted by molar-refractivity contribution is 7.17. The van der Waals surface area contributed by atoms with Crippen LogP contribution in [0.25, 0.3) is 10.1 Å². The average molecular weight is 301 g/mol. The molecule has 108 valence electrons.